The van der Waals surface area contributed by atoms with E-state index in [-0.39, 0.29) is 0 Å². The SMILES string of the molecule is [C]1=C/CC/C=C/C=C\CC\C=C/1. The molecule has 0 saturated carbocycles. The van der Waals surface area contributed by atoms with Crippen LogP contribution in [0.2, 0.25) is 0 Å². The summed E-state index contributed by atoms with van der Waals surface area (Å²) in [4.78, 5) is 0. The first-order valence-corrected chi connectivity index (χ1v) is 4.54. The van der Waals surface area contributed by atoms with Gasteiger partial charge in [0, 0.05) is 0 Å². The van der Waals surface area contributed by atoms with Crippen LogP contribution in [-0.4, -0.2) is 0 Å². The third-order valence-corrected chi connectivity index (χ3v) is 1.69. The molecule has 0 fully saturated rings. The predicted octanol–water partition coefficient (Wildman–Crippen LogP) is 3.59. The first-order valence-electron chi connectivity index (χ1n) is 4.54. The van der Waals surface area contributed by atoms with Crippen molar-refractivity contribution < 1.29 is 0 Å². The number of allylic oxidation sites excluding steroid dienone is 8. The molecule has 0 aromatic carbocycles. The van der Waals surface area contributed by atoms with Crippen LogP contribution in [0.5, 0.6) is 0 Å². The Bertz CT molecular complexity index is 156. The minimum Gasteiger partial charge on any atom is -0.0842 e. The molecule has 0 atom stereocenters. The normalized spacial score (nSPS) is 29.3. The maximum atomic E-state index is 3.14. The van der Waals surface area contributed by atoms with E-state index in [1.54, 1.807) is 0 Å². The Hall–Kier alpha value is -1.04. The zero-order chi connectivity index (χ0) is 8.49. The maximum Gasteiger partial charge on any atom is -0.0230 e. The molecule has 0 unspecified atom stereocenters. The Balaban J connectivity index is 2.40. The summed E-state index contributed by atoms with van der Waals surface area (Å²) in [6.45, 7) is 0. The van der Waals surface area contributed by atoms with Crippen molar-refractivity contribution in [1.82, 2.24) is 0 Å². The van der Waals surface area contributed by atoms with Crippen LogP contribution in [0.4, 0.5) is 0 Å². The van der Waals surface area contributed by atoms with Gasteiger partial charge in [-0.25, -0.2) is 0 Å². The van der Waals surface area contributed by atoms with Crippen LogP contribution in [0.25, 0.3) is 0 Å². The van der Waals surface area contributed by atoms with Gasteiger partial charge in [-0.15, -0.1) is 0 Å². The van der Waals surface area contributed by atoms with Crippen LogP contribution >= 0.6 is 0 Å². The smallest absolute Gasteiger partial charge is 0.0230 e. The van der Waals surface area contributed by atoms with Crippen molar-refractivity contribution in [2.75, 3.05) is 0 Å². The highest BCUT2D eigenvalue weighted by atomic mass is 13.8. The summed E-state index contributed by atoms with van der Waals surface area (Å²) in [6, 6.07) is 0. The summed E-state index contributed by atoms with van der Waals surface area (Å²) >= 11 is 0. The summed E-state index contributed by atoms with van der Waals surface area (Å²) in [6.07, 6.45) is 22.5. The van der Waals surface area contributed by atoms with Crippen LogP contribution in [0.3, 0.4) is 0 Å². The summed E-state index contributed by atoms with van der Waals surface area (Å²) in [7, 11) is 0. The van der Waals surface area contributed by atoms with Crippen LogP contribution < -0.4 is 0 Å². The van der Waals surface area contributed by atoms with Gasteiger partial charge in [0.25, 0.3) is 0 Å². The molecule has 0 aliphatic heterocycles. The highest BCUT2D eigenvalue weighted by Crippen LogP contribution is 1.98. The summed E-state index contributed by atoms with van der Waals surface area (Å²) < 4.78 is 0. The first-order chi connectivity index (χ1) is 6.00. The summed E-state index contributed by atoms with van der Waals surface area (Å²) in [5, 5.41) is 0. The highest BCUT2D eigenvalue weighted by molar-refractivity contribution is 5.05. The van der Waals surface area contributed by atoms with Gasteiger partial charge in [-0.05, 0) is 31.8 Å². The van der Waals surface area contributed by atoms with E-state index < -0.39 is 0 Å². The van der Waals surface area contributed by atoms with Gasteiger partial charge in [0.1, 0.15) is 0 Å². The molecule has 1 aliphatic rings. The minimum atomic E-state index is 1.09. The van der Waals surface area contributed by atoms with E-state index in [9.17, 15) is 0 Å². The second-order valence-corrected chi connectivity index (χ2v) is 2.78. The van der Waals surface area contributed by atoms with Crippen LogP contribution in [0.1, 0.15) is 25.7 Å². The Morgan fingerprint density at radius 1 is 0.750 bits per heavy atom. The fourth-order valence-electron chi connectivity index (χ4n) is 1.02. The topological polar surface area (TPSA) is 0 Å². The predicted molar refractivity (Wildman–Crippen MR) is 53.7 cm³/mol. The largest absolute Gasteiger partial charge is 0.0842 e. The molecule has 0 heterocycles. The van der Waals surface area contributed by atoms with E-state index >= 15 is 0 Å². The van der Waals surface area contributed by atoms with Crippen LogP contribution in [-0.2, 0) is 0 Å². The van der Waals surface area contributed by atoms with Crippen molar-refractivity contribution in [3.8, 4) is 0 Å². The zero-order valence-electron chi connectivity index (χ0n) is 7.37. The van der Waals surface area contributed by atoms with Gasteiger partial charge < -0.3 is 0 Å². The van der Waals surface area contributed by atoms with Gasteiger partial charge in [-0.2, -0.15) is 0 Å². The van der Waals surface area contributed by atoms with Gasteiger partial charge in [0.2, 0.25) is 0 Å². The summed E-state index contributed by atoms with van der Waals surface area (Å²) in [5.74, 6) is 0. The van der Waals surface area contributed by atoms with E-state index in [0.29, 0.717) is 0 Å². The Morgan fingerprint density at radius 2 is 1.42 bits per heavy atom. The molecule has 0 N–H and O–H groups in total. The molecule has 1 rings (SSSR count). The summed E-state index contributed by atoms with van der Waals surface area (Å²) in [5.41, 5.74) is 0. The van der Waals surface area contributed by atoms with Gasteiger partial charge >= 0.3 is 0 Å². The molecular weight excluding hydrogens is 144 g/mol. The Kier molecular flexibility index (Phi) is 5.02. The molecule has 0 aromatic heterocycles. The number of rotatable bonds is 0. The third kappa shape index (κ3) is 4.73. The fourth-order valence-corrected chi connectivity index (χ4v) is 1.02. The van der Waals surface area contributed by atoms with Crippen LogP contribution in [0.15, 0.2) is 42.5 Å². The molecule has 1 radical (unpaired) electrons. The van der Waals surface area contributed by atoms with Gasteiger partial charge in [0.05, 0.1) is 0 Å². The van der Waals surface area contributed by atoms with Crippen molar-refractivity contribution in [3.63, 3.8) is 0 Å². The monoisotopic (exact) mass is 159 g/mol. The number of hydrogen-bond acceptors (Lipinski definition) is 0. The molecule has 1 aliphatic carbocycles. The van der Waals surface area contributed by atoms with Crippen molar-refractivity contribution in [1.29, 1.82) is 0 Å². The molecule has 0 amide bonds. The minimum absolute atomic E-state index is 1.09. The van der Waals surface area contributed by atoms with E-state index in [1.807, 2.05) is 6.08 Å². The highest BCUT2D eigenvalue weighted by Gasteiger charge is 1.78. The molecule has 0 saturated heterocycles. The molecule has 0 aromatic rings. The molecule has 0 heteroatoms. The Morgan fingerprint density at radius 3 is 2.25 bits per heavy atom. The van der Waals surface area contributed by atoms with Gasteiger partial charge in [-0.3, -0.25) is 0 Å². The molecule has 0 bridgehead atoms. The van der Waals surface area contributed by atoms with E-state index in [2.05, 4.69) is 42.5 Å². The van der Waals surface area contributed by atoms with Crippen molar-refractivity contribution >= 4 is 0 Å². The van der Waals surface area contributed by atoms with E-state index in [1.165, 1.54) is 0 Å². The van der Waals surface area contributed by atoms with Crippen molar-refractivity contribution in [2.45, 2.75) is 25.7 Å². The lowest BCUT2D eigenvalue weighted by Crippen LogP contribution is -1.68. The van der Waals surface area contributed by atoms with Crippen LogP contribution in [0, 0.1) is 6.08 Å². The number of hydrogen-bond donors (Lipinski definition) is 0. The molecular formula is C12H15. The zero-order valence-corrected chi connectivity index (χ0v) is 7.37. The van der Waals surface area contributed by atoms with Gasteiger partial charge in [0.15, 0.2) is 0 Å². The standard InChI is InChI=1S/C12H15/c1-2-4-6-8-10-12-11-9-7-5-3-1/h1-4,9-11H,5-8H2/b3-1-,4-2+,11-9-,12-10?. The van der Waals surface area contributed by atoms with E-state index in [4.69, 9.17) is 0 Å². The third-order valence-electron chi connectivity index (χ3n) is 1.69. The molecule has 63 valence electrons. The fraction of sp³-hybridized carbons (Fsp3) is 0.333. The maximum absolute atomic E-state index is 3.14. The van der Waals surface area contributed by atoms with Crippen molar-refractivity contribution in [3.05, 3.63) is 48.6 Å². The second kappa shape index (κ2) is 6.66. The average Bonchev–Trinajstić information content (AvgIpc) is 2.05. The average molecular weight is 159 g/mol. The lowest BCUT2D eigenvalue weighted by atomic mass is 10.2. The second-order valence-electron chi connectivity index (χ2n) is 2.78. The first kappa shape index (κ1) is 9.05. The molecule has 0 nitrogen and oxygen atoms in total. The quantitative estimate of drug-likeness (QED) is 0.506. The van der Waals surface area contributed by atoms with Gasteiger partial charge in [-0.1, -0.05) is 42.5 Å². The lowest BCUT2D eigenvalue weighted by molar-refractivity contribution is 1.03. The molecule has 12 heavy (non-hydrogen) atoms. The Labute approximate surface area is 75.0 Å². The lowest BCUT2D eigenvalue weighted by Gasteiger charge is -1.87. The molecule has 0 spiro atoms. The van der Waals surface area contributed by atoms with Crippen molar-refractivity contribution in [2.24, 2.45) is 0 Å². The van der Waals surface area contributed by atoms with E-state index in [0.717, 1.165) is 25.7 Å².